The highest BCUT2D eigenvalue weighted by Crippen LogP contribution is 2.39. The number of aliphatic hydroxyl groups excluding tert-OH is 6. The number of benzene rings is 2. The molecule has 11 N–H and O–H groups in total. The van der Waals surface area contributed by atoms with Crippen LogP contribution in [0.3, 0.4) is 0 Å². The average Bonchev–Trinajstić information content (AvgIpc) is 4.54. The number of hydrogen-bond acceptors (Lipinski definition) is 20. The first-order valence-corrected chi connectivity index (χ1v) is 26.4. The van der Waals surface area contributed by atoms with Gasteiger partial charge in [-0.3, -0.25) is 39.2 Å². The van der Waals surface area contributed by atoms with E-state index < -0.39 is 84.5 Å². The van der Waals surface area contributed by atoms with E-state index in [-0.39, 0.29) is 97.6 Å². The highest BCUT2D eigenvalue weighted by atomic mass is 16.3. The van der Waals surface area contributed by atoms with Crippen molar-refractivity contribution in [1.29, 1.82) is 0 Å². The Morgan fingerprint density at radius 2 is 1.06 bits per heavy atom. The number of anilines is 3. The van der Waals surface area contributed by atoms with Gasteiger partial charge in [0.2, 0.25) is 23.7 Å². The molecular formula is C52H55N19O11. The lowest BCUT2D eigenvalue weighted by atomic mass is 9.95. The summed E-state index contributed by atoms with van der Waals surface area (Å²) in [4.78, 5) is 103. The Hall–Kier alpha value is -9.33. The summed E-state index contributed by atoms with van der Waals surface area (Å²) in [5.74, 6) is -1.01. The van der Waals surface area contributed by atoms with Crippen LogP contribution >= 0.6 is 0 Å². The van der Waals surface area contributed by atoms with Gasteiger partial charge in [-0.05, 0) is 49.1 Å². The number of aromatic nitrogens is 12. The number of carbonyl (C=O) groups is 5. The predicted molar refractivity (Wildman–Crippen MR) is 286 cm³/mol. The molecule has 82 heavy (non-hydrogen) atoms. The smallest absolute Gasteiger partial charge is 0.326 e. The summed E-state index contributed by atoms with van der Waals surface area (Å²) in [6.07, 6.45) is 3.68. The Bertz CT molecular complexity index is 3450. The molecule has 4 aliphatic rings. The number of rotatable bonds is 18. The lowest BCUT2D eigenvalue weighted by molar-refractivity contribution is -0.129. The van der Waals surface area contributed by atoms with Crippen LogP contribution in [0.15, 0.2) is 98.4 Å². The number of imide groups is 2. The fourth-order valence-electron chi connectivity index (χ4n) is 11.3. The Labute approximate surface area is 463 Å². The van der Waals surface area contributed by atoms with Crippen molar-refractivity contribution in [2.75, 3.05) is 42.3 Å². The normalized spacial score (nSPS) is 23.5. The van der Waals surface area contributed by atoms with Crippen LogP contribution in [0.1, 0.15) is 41.7 Å². The van der Waals surface area contributed by atoms with E-state index >= 15 is 0 Å². The molecule has 30 nitrogen and oxygen atoms in total. The number of hydrogen-bond donors (Lipinski definition) is 11. The van der Waals surface area contributed by atoms with Crippen LogP contribution in [0.4, 0.5) is 31.8 Å². The highest BCUT2D eigenvalue weighted by molar-refractivity contribution is 6.03. The number of fused-ring (bicyclic) bond motifs is 2. The van der Waals surface area contributed by atoms with Gasteiger partial charge in [-0.1, -0.05) is 60.7 Å². The van der Waals surface area contributed by atoms with Crippen LogP contribution in [0, 0.1) is 5.92 Å². The van der Waals surface area contributed by atoms with Crippen LogP contribution in [0.2, 0.25) is 0 Å². The van der Waals surface area contributed by atoms with Crippen molar-refractivity contribution < 1.29 is 54.6 Å². The van der Waals surface area contributed by atoms with Crippen LogP contribution < -0.4 is 26.6 Å². The van der Waals surface area contributed by atoms with Gasteiger partial charge in [0.1, 0.15) is 42.6 Å². The second-order valence-electron chi connectivity index (χ2n) is 20.6. The third kappa shape index (κ3) is 10.1. The van der Waals surface area contributed by atoms with Gasteiger partial charge in [-0.25, -0.2) is 39.3 Å². The fourth-order valence-corrected chi connectivity index (χ4v) is 11.3. The number of urea groups is 3. The summed E-state index contributed by atoms with van der Waals surface area (Å²) in [6.45, 7) is -0.966. The molecular weight excluding hydrogens is 1070 g/mol. The molecule has 8 amide bonds. The zero-order chi connectivity index (χ0) is 56.9. The molecule has 2 saturated carbocycles. The molecule has 10 atom stereocenters. The van der Waals surface area contributed by atoms with Crippen molar-refractivity contribution in [3.8, 4) is 11.9 Å². The van der Waals surface area contributed by atoms with Gasteiger partial charge >= 0.3 is 18.1 Å². The molecule has 4 fully saturated rings. The Balaban J connectivity index is 0.808. The third-order valence-corrected chi connectivity index (χ3v) is 15.4. The topological polar surface area (TPSA) is 396 Å². The second-order valence-corrected chi connectivity index (χ2v) is 20.6. The monoisotopic (exact) mass is 1120 g/mol. The van der Waals surface area contributed by atoms with Crippen LogP contribution in [0.25, 0.3) is 34.2 Å². The van der Waals surface area contributed by atoms with Crippen LogP contribution in [-0.4, -0.2) is 197 Å². The van der Waals surface area contributed by atoms with Crippen molar-refractivity contribution in [3.63, 3.8) is 0 Å². The Morgan fingerprint density at radius 3 is 1.56 bits per heavy atom. The SMILES string of the molecule is O=C(Nc1cn(-c2nc(C[C@H](CO)Cc3ccccc3)c3ncn([C@@H]4C[C@H](N5C(=O)CNC5=O)[C@@H](O)[C@H]4O)c3n2)cn1)Nc1cn(-c2nc(N[C@H](CO)Cc3ccccc3)c3ncn([C@@H]4C[C@H](N5C(=O)CNC5=O)[C@@H](O)[C@H]4O)c3n2)cn1. The number of amides is 8. The number of imidazole rings is 4. The maximum Gasteiger partial charge on any atom is 0.326 e. The van der Waals surface area contributed by atoms with E-state index in [1.54, 1.807) is 4.57 Å². The maximum absolute atomic E-state index is 13.6. The lowest BCUT2D eigenvalue weighted by Crippen LogP contribution is -2.46. The molecule has 8 heterocycles. The molecule has 12 rings (SSSR count). The highest BCUT2D eigenvalue weighted by Gasteiger charge is 2.52. The summed E-state index contributed by atoms with van der Waals surface area (Å²) in [7, 11) is 0. The molecule has 6 aromatic heterocycles. The van der Waals surface area contributed by atoms with E-state index in [0.29, 0.717) is 24.1 Å². The first-order chi connectivity index (χ1) is 39.7. The molecule has 0 bridgehead atoms. The molecule has 30 heteroatoms. The van der Waals surface area contributed by atoms with Gasteiger partial charge in [0.15, 0.2) is 34.3 Å². The van der Waals surface area contributed by atoms with E-state index in [4.69, 9.17) is 19.9 Å². The van der Waals surface area contributed by atoms with E-state index in [9.17, 15) is 54.6 Å². The van der Waals surface area contributed by atoms with Crippen LogP contribution in [-0.2, 0) is 28.9 Å². The largest absolute Gasteiger partial charge is 0.396 e. The Morgan fingerprint density at radius 1 is 0.573 bits per heavy atom. The molecule has 0 unspecified atom stereocenters. The molecule has 8 aromatic rings. The third-order valence-electron chi connectivity index (χ3n) is 15.4. The average molecular weight is 1120 g/mol. The molecule has 424 valence electrons. The maximum atomic E-state index is 13.6. The van der Waals surface area contributed by atoms with Gasteiger partial charge in [-0.2, -0.15) is 15.0 Å². The van der Waals surface area contributed by atoms with Gasteiger partial charge in [0.05, 0.1) is 80.6 Å². The van der Waals surface area contributed by atoms with E-state index in [2.05, 4.69) is 46.5 Å². The van der Waals surface area contributed by atoms with Gasteiger partial charge in [-0.15, -0.1) is 0 Å². The summed E-state index contributed by atoms with van der Waals surface area (Å²) in [5, 5.41) is 79.8. The van der Waals surface area contributed by atoms with Crippen molar-refractivity contribution in [2.24, 2.45) is 5.92 Å². The number of aliphatic hydroxyl groups is 6. The summed E-state index contributed by atoms with van der Waals surface area (Å²) < 4.78 is 5.96. The number of nitrogens with one attached hydrogen (secondary N) is 5. The van der Waals surface area contributed by atoms with Crippen molar-refractivity contribution in [1.82, 2.24) is 78.6 Å². The minimum absolute atomic E-state index is 0.0154. The second kappa shape index (κ2) is 22.0. The number of nitrogens with zero attached hydrogens (tertiary/aromatic N) is 14. The molecule has 0 spiro atoms. The van der Waals surface area contributed by atoms with Gasteiger partial charge in [0, 0.05) is 6.61 Å². The zero-order valence-corrected chi connectivity index (χ0v) is 43.4. The van der Waals surface area contributed by atoms with E-state index in [0.717, 1.165) is 20.9 Å². The molecule has 2 aliphatic carbocycles. The zero-order valence-electron chi connectivity index (χ0n) is 43.4. The summed E-state index contributed by atoms with van der Waals surface area (Å²) in [5.41, 5.74) is 3.38. The Kier molecular flexibility index (Phi) is 14.3. The summed E-state index contributed by atoms with van der Waals surface area (Å²) in [6, 6.07) is 12.5. The number of carbonyl (C=O) groups excluding carboxylic acids is 5. The van der Waals surface area contributed by atoms with E-state index in [1.165, 1.54) is 51.4 Å². The van der Waals surface area contributed by atoms with Crippen molar-refractivity contribution >= 4 is 69.7 Å². The lowest BCUT2D eigenvalue weighted by Gasteiger charge is -2.23. The first-order valence-electron chi connectivity index (χ1n) is 26.4. The minimum Gasteiger partial charge on any atom is -0.396 e. The minimum atomic E-state index is -1.49. The standard InChI is InChI=1S/C52H55N19O11/c72-20-28(11-26-7-3-1-4-8-26)13-30-39-46(68(24-57-39)31-14-33(43(78)41(31)76)70-37(74)16-53-51(70)81)64-48(60-30)66-18-35(55-22-66)61-50(80)62-36-19-67(23-56-36)49-63-45(59-29(21-73)12-27-9-5-2-6-10-27)40-47(65-49)69(25-58-40)32-15-34(44(79)42(32)77)71-38(75)17-54-52(71)82/h1-10,18-19,22-25,28-29,31-34,41-44,72-73,76-79H,11-17,20-21H2,(H,53,81)(H,54,82)(H,59,63,65)(H2,61,62,80)/t28-,29+,31-,32-,33+,34+,41+,42+,43-,44-/m1/s1. The summed E-state index contributed by atoms with van der Waals surface area (Å²) >= 11 is 0. The molecule has 0 radical (unpaired) electrons. The van der Waals surface area contributed by atoms with Crippen LogP contribution in [0.5, 0.6) is 0 Å². The molecule has 2 aliphatic heterocycles. The quantitative estimate of drug-likeness (QED) is 0.0485. The van der Waals surface area contributed by atoms with Crippen molar-refractivity contribution in [2.45, 2.75) is 86.7 Å². The molecule has 2 aromatic carbocycles. The first kappa shape index (κ1) is 53.3. The predicted octanol–water partition coefficient (Wildman–Crippen LogP) is -0.435. The van der Waals surface area contributed by atoms with E-state index in [1.807, 2.05) is 60.7 Å². The fraction of sp³-hybridized carbons (Fsp3) is 0.365. The van der Waals surface area contributed by atoms with Crippen molar-refractivity contribution in [3.05, 3.63) is 115 Å². The molecule has 2 saturated heterocycles. The van der Waals surface area contributed by atoms with Gasteiger partial charge in [0.25, 0.3) is 0 Å². The van der Waals surface area contributed by atoms with Gasteiger partial charge < -0.3 is 55.7 Å².